The van der Waals surface area contributed by atoms with Gasteiger partial charge in [0.2, 0.25) is 11.7 Å². The number of carbonyl (C=O) groups excluding carboxylic acids is 2. The highest BCUT2D eigenvalue weighted by atomic mass is 79.9. The van der Waals surface area contributed by atoms with Gasteiger partial charge in [-0.05, 0) is 48.9 Å². The number of rotatable bonds is 5. The van der Waals surface area contributed by atoms with E-state index in [0.29, 0.717) is 16.4 Å². The molecular formula is C17H16BrN5O3S. The largest absolute Gasteiger partial charge is 0.465 e. The molecule has 0 aliphatic carbocycles. The number of carbonyl (C=O) groups is 2. The summed E-state index contributed by atoms with van der Waals surface area (Å²) >= 11 is 4.69. The van der Waals surface area contributed by atoms with Crippen LogP contribution in [-0.4, -0.2) is 39.2 Å². The minimum atomic E-state index is -0.483. The van der Waals surface area contributed by atoms with E-state index in [0.717, 1.165) is 20.5 Å². The van der Waals surface area contributed by atoms with Gasteiger partial charge in [0.1, 0.15) is 11.5 Å². The fourth-order valence-electron chi connectivity index (χ4n) is 2.38. The fraction of sp³-hybridized carbons (Fsp3) is 0.235. The first-order valence-corrected chi connectivity index (χ1v) is 9.52. The molecule has 1 amide bonds. The lowest BCUT2D eigenvalue weighted by Gasteiger charge is -2.05. The number of thiophene rings is 1. The predicted molar refractivity (Wildman–Crippen MR) is 105 cm³/mol. The number of hydrogen-bond acceptors (Lipinski definition) is 7. The second-order valence-corrected chi connectivity index (χ2v) is 7.82. The van der Waals surface area contributed by atoms with Crippen LogP contribution in [-0.2, 0) is 16.1 Å². The number of benzene rings is 1. The molecule has 0 atom stereocenters. The van der Waals surface area contributed by atoms with E-state index < -0.39 is 5.97 Å². The van der Waals surface area contributed by atoms with E-state index in [1.165, 1.54) is 23.2 Å². The molecule has 0 saturated heterocycles. The van der Waals surface area contributed by atoms with Crippen LogP contribution in [0, 0.1) is 13.8 Å². The normalized spacial score (nSPS) is 10.7. The lowest BCUT2D eigenvalue weighted by Crippen LogP contribution is -2.21. The number of amides is 1. The molecule has 8 nitrogen and oxygen atoms in total. The van der Waals surface area contributed by atoms with Crippen molar-refractivity contribution < 1.29 is 14.3 Å². The molecule has 3 rings (SSSR count). The van der Waals surface area contributed by atoms with Crippen LogP contribution >= 0.6 is 27.3 Å². The summed E-state index contributed by atoms with van der Waals surface area (Å²) in [6.07, 6.45) is 0. The average Bonchev–Trinajstić information content (AvgIpc) is 3.20. The second-order valence-electron chi connectivity index (χ2n) is 5.68. The van der Waals surface area contributed by atoms with Crippen molar-refractivity contribution in [3.8, 4) is 11.4 Å². The van der Waals surface area contributed by atoms with E-state index in [2.05, 4.69) is 36.7 Å². The van der Waals surface area contributed by atoms with Gasteiger partial charge < -0.3 is 10.1 Å². The SMILES string of the molecule is COC(=O)c1c(NC(=O)Cn2nnc(-c3ccc(Br)cc3)n2)sc(C)c1C. The summed E-state index contributed by atoms with van der Waals surface area (Å²) in [5, 5.41) is 15.3. The van der Waals surface area contributed by atoms with E-state index in [-0.39, 0.29) is 12.5 Å². The third-order valence-corrected chi connectivity index (χ3v) is 5.52. The number of nitrogens with one attached hydrogen (secondary N) is 1. The Labute approximate surface area is 167 Å². The summed E-state index contributed by atoms with van der Waals surface area (Å²) < 4.78 is 5.75. The Morgan fingerprint density at radius 1 is 1.26 bits per heavy atom. The van der Waals surface area contributed by atoms with Gasteiger partial charge in [-0.25, -0.2) is 4.79 Å². The first kappa shape index (κ1) is 19.2. The number of hydrogen-bond donors (Lipinski definition) is 1. The number of anilines is 1. The molecule has 2 heterocycles. The molecule has 0 bridgehead atoms. The molecule has 0 fully saturated rings. The van der Waals surface area contributed by atoms with Crippen LogP contribution in [0.3, 0.4) is 0 Å². The molecule has 0 aliphatic heterocycles. The first-order valence-electron chi connectivity index (χ1n) is 7.91. The molecule has 27 heavy (non-hydrogen) atoms. The quantitative estimate of drug-likeness (QED) is 0.600. The first-order chi connectivity index (χ1) is 12.9. The highest BCUT2D eigenvalue weighted by molar-refractivity contribution is 9.10. The van der Waals surface area contributed by atoms with E-state index in [4.69, 9.17) is 4.74 Å². The van der Waals surface area contributed by atoms with Crippen molar-refractivity contribution in [3.63, 3.8) is 0 Å². The number of halogens is 1. The van der Waals surface area contributed by atoms with Gasteiger partial charge in [0.25, 0.3) is 0 Å². The minimum absolute atomic E-state index is 0.125. The van der Waals surface area contributed by atoms with Gasteiger partial charge in [-0.1, -0.05) is 15.9 Å². The van der Waals surface area contributed by atoms with E-state index >= 15 is 0 Å². The van der Waals surface area contributed by atoms with Crippen molar-refractivity contribution in [2.75, 3.05) is 12.4 Å². The average molecular weight is 450 g/mol. The zero-order valence-corrected chi connectivity index (χ0v) is 17.2. The standard InChI is InChI=1S/C17H16BrN5O3S/c1-9-10(2)27-16(14(9)17(25)26-3)19-13(24)8-23-21-15(20-22-23)11-4-6-12(18)7-5-11/h4-7H,8H2,1-3H3,(H,19,24). The Bertz CT molecular complexity index is 997. The Morgan fingerprint density at radius 2 is 1.96 bits per heavy atom. The van der Waals surface area contributed by atoms with Gasteiger partial charge in [0, 0.05) is 14.9 Å². The lowest BCUT2D eigenvalue weighted by atomic mass is 10.1. The summed E-state index contributed by atoms with van der Waals surface area (Å²) in [5.41, 5.74) is 1.95. The van der Waals surface area contributed by atoms with Crippen LogP contribution in [0.2, 0.25) is 0 Å². The van der Waals surface area contributed by atoms with Crippen LogP contribution in [0.15, 0.2) is 28.7 Å². The summed E-state index contributed by atoms with van der Waals surface area (Å²) in [5.74, 6) is -0.418. The number of nitrogens with zero attached hydrogens (tertiary/aromatic N) is 4. The summed E-state index contributed by atoms with van der Waals surface area (Å²) in [6, 6.07) is 7.45. The molecule has 1 N–H and O–H groups in total. The van der Waals surface area contributed by atoms with E-state index in [1.807, 2.05) is 38.1 Å². The Morgan fingerprint density at radius 3 is 2.63 bits per heavy atom. The summed E-state index contributed by atoms with van der Waals surface area (Å²) in [7, 11) is 1.31. The monoisotopic (exact) mass is 449 g/mol. The van der Waals surface area contributed by atoms with Gasteiger partial charge in [0.05, 0.1) is 12.7 Å². The number of aromatic nitrogens is 4. The molecule has 10 heteroatoms. The van der Waals surface area contributed by atoms with Crippen LogP contribution in [0.1, 0.15) is 20.8 Å². The maximum atomic E-state index is 12.4. The van der Waals surface area contributed by atoms with Gasteiger partial charge in [0.15, 0.2) is 0 Å². The molecule has 0 spiro atoms. The van der Waals surface area contributed by atoms with Crippen molar-refractivity contribution in [3.05, 3.63) is 44.7 Å². The molecule has 0 unspecified atom stereocenters. The zero-order valence-electron chi connectivity index (χ0n) is 14.8. The smallest absolute Gasteiger partial charge is 0.341 e. The highest BCUT2D eigenvalue weighted by Gasteiger charge is 2.22. The maximum absolute atomic E-state index is 12.4. The molecule has 2 aromatic heterocycles. The molecular weight excluding hydrogens is 434 g/mol. The van der Waals surface area contributed by atoms with Gasteiger partial charge in [-0.2, -0.15) is 4.80 Å². The second kappa shape index (κ2) is 7.97. The number of methoxy groups -OCH3 is 1. The number of ether oxygens (including phenoxy) is 1. The summed E-state index contributed by atoms with van der Waals surface area (Å²) in [6.45, 7) is 3.57. The Balaban J connectivity index is 1.73. The maximum Gasteiger partial charge on any atom is 0.341 e. The molecule has 0 saturated carbocycles. The van der Waals surface area contributed by atoms with Gasteiger partial charge >= 0.3 is 5.97 Å². The van der Waals surface area contributed by atoms with Crippen molar-refractivity contribution in [2.24, 2.45) is 0 Å². The third-order valence-electron chi connectivity index (χ3n) is 3.87. The lowest BCUT2D eigenvalue weighted by molar-refractivity contribution is -0.117. The summed E-state index contributed by atoms with van der Waals surface area (Å²) in [4.78, 5) is 26.5. The Hall–Kier alpha value is -2.59. The molecule has 1 aromatic carbocycles. The van der Waals surface area contributed by atoms with Crippen molar-refractivity contribution in [2.45, 2.75) is 20.4 Å². The minimum Gasteiger partial charge on any atom is -0.465 e. The zero-order chi connectivity index (χ0) is 19.6. The fourth-order valence-corrected chi connectivity index (χ4v) is 3.71. The van der Waals surface area contributed by atoms with Gasteiger partial charge in [-0.15, -0.1) is 21.5 Å². The number of aryl methyl sites for hydroxylation is 1. The molecule has 0 radical (unpaired) electrons. The van der Waals surface area contributed by atoms with Crippen molar-refractivity contribution >= 4 is 44.1 Å². The number of tetrazole rings is 1. The predicted octanol–water partition coefficient (Wildman–Crippen LogP) is 3.21. The molecule has 0 aliphatic rings. The highest BCUT2D eigenvalue weighted by Crippen LogP contribution is 2.32. The number of esters is 1. The van der Waals surface area contributed by atoms with Crippen LogP contribution in [0.5, 0.6) is 0 Å². The Kier molecular flexibility index (Phi) is 5.66. The van der Waals surface area contributed by atoms with Gasteiger partial charge in [-0.3, -0.25) is 4.79 Å². The molecule has 140 valence electrons. The molecule has 3 aromatic rings. The van der Waals surface area contributed by atoms with Crippen LogP contribution in [0.25, 0.3) is 11.4 Å². The van der Waals surface area contributed by atoms with E-state index in [9.17, 15) is 9.59 Å². The van der Waals surface area contributed by atoms with Crippen LogP contribution < -0.4 is 5.32 Å². The van der Waals surface area contributed by atoms with E-state index in [1.54, 1.807) is 0 Å². The van der Waals surface area contributed by atoms with Crippen LogP contribution in [0.4, 0.5) is 5.00 Å². The topological polar surface area (TPSA) is 99.0 Å². The van der Waals surface area contributed by atoms with Crippen molar-refractivity contribution in [1.82, 2.24) is 20.2 Å². The van der Waals surface area contributed by atoms with Crippen molar-refractivity contribution in [1.29, 1.82) is 0 Å². The third kappa shape index (κ3) is 4.22.